The predicted octanol–water partition coefficient (Wildman–Crippen LogP) is 6.24. The minimum absolute atomic E-state index is 0.294. The van der Waals surface area contributed by atoms with Crippen LogP contribution < -0.4 is 0 Å². The van der Waals surface area contributed by atoms with Gasteiger partial charge in [0, 0.05) is 6.61 Å². The summed E-state index contributed by atoms with van der Waals surface area (Å²) in [7, 11) is 0. The molecule has 1 aliphatic heterocycles. The van der Waals surface area contributed by atoms with Gasteiger partial charge in [-0.15, -0.1) is 0 Å². The molecule has 0 saturated carbocycles. The van der Waals surface area contributed by atoms with E-state index in [1.165, 1.54) is 0 Å². The van der Waals surface area contributed by atoms with Crippen LogP contribution >= 0.6 is 0 Å². The van der Waals surface area contributed by atoms with Crippen LogP contribution in [0.2, 0.25) is 0 Å². The monoisotopic (exact) mass is 426 g/mol. The van der Waals surface area contributed by atoms with Gasteiger partial charge in [-0.1, -0.05) is 0 Å². The predicted molar refractivity (Wildman–Crippen MR) is 122 cm³/mol. The Morgan fingerprint density at radius 1 is 0.862 bits per heavy atom. The normalized spacial score (nSPS) is 25.5. The summed E-state index contributed by atoms with van der Waals surface area (Å²) in [6, 6.07) is 0. The Morgan fingerprint density at radius 2 is 1.28 bits per heavy atom. The second kappa shape index (κ2) is 9.02. The van der Waals surface area contributed by atoms with Gasteiger partial charge in [-0.25, -0.2) is 4.79 Å². The molecule has 158 valence electrons. The summed E-state index contributed by atoms with van der Waals surface area (Å²) in [5, 5.41) is 8.29. The molecule has 2 aliphatic carbocycles. The van der Waals surface area contributed by atoms with Crippen LogP contribution in [-0.2, 0) is 9.53 Å². The molecule has 0 spiro atoms. The largest absolute Gasteiger partial charge is 0.479 e. The molecule has 1 unspecified atom stereocenters. The molecule has 4 heteroatoms. The van der Waals surface area contributed by atoms with Crippen molar-refractivity contribution in [3.05, 3.63) is 36.8 Å². The van der Waals surface area contributed by atoms with E-state index in [1.54, 1.807) is 33.4 Å². The summed E-state index contributed by atoms with van der Waals surface area (Å²) in [5.41, 5.74) is 10.1. The van der Waals surface area contributed by atoms with Crippen molar-refractivity contribution in [2.45, 2.75) is 88.2 Å². The maximum Gasteiger partial charge on any atom is 0.332 e. The molecule has 1 fully saturated rings. The molecule has 1 N–H and O–H groups in total. The SMILES string of the molecule is CC1=C(C)C(C)(C)[C]([Ca][C]2=C(C)C(C)=C(C)C2(C)C)=C1C.O=C(O)C1CCCO1. The average molecular weight is 427 g/mol. The van der Waals surface area contributed by atoms with Crippen molar-refractivity contribution < 1.29 is 14.6 Å². The summed E-state index contributed by atoms with van der Waals surface area (Å²) in [4.78, 5) is 10.1. The number of rotatable bonds is 3. The summed E-state index contributed by atoms with van der Waals surface area (Å²) in [6.07, 6.45) is 1.04. The molecule has 1 atom stereocenters. The molecule has 1 heterocycles. The molecule has 0 aromatic heterocycles. The molecule has 0 aromatic carbocycles. The van der Waals surface area contributed by atoms with Gasteiger partial charge in [0.25, 0.3) is 0 Å². The molecular formula is C25H38CaO3. The van der Waals surface area contributed by atoms with Crippen LogP contribution in [0, 0.1) is 10.8 Å². The number of hydrogen-bond acceptors (Lipinski definition) is 2. The number of carboxylic acid groups (broad SMARTS) is 1. The fraction of sp³-hybridized carbons (Fsp3) is 0.640. The van der Waals surface area contributed by atoms with Gasteiger partial charge < -0.3 is 9.84 Å². The maximum absolute atomic E-state index is 10.1. The molecular weight excluding hydrogens is 388 g/mol. The summed E-state index contributed by atoms with van der Waals surface area (Å²) in [5.74, 6) is -0.831. The van der Waals surface area contributed by atoms with Crippen molar-refractivity contribution >= 4 is 39.8 Å². The van der Waals surface area contributed by atoms with E-state index < -0.39 is 45.9 Å². The van der Waals surface area contributed by atoms with Crippen molar-refractivity contribution in [3.63, 3.8) is 0 Å². The van der Waals surface area contributed by atoms with Crippen LogP contribution in [0.15, 0.2) is 36.8 Å². The Morgan fingerprint density at radius 3 is 1.48 bits per heavy atom. The van der Waals surface area contributed by atoms with E-state index in [2.05, 4.69) is 69.2 Å². The fourth-order valence-corrected chi connectivity index (χ4v) is 9.42. The van der Waals surface area contributed by atoms with Gasteiger partial charge in [-0.2, -0.15) is 0 Å². The van der Waals surface area contributed by atoms with E-state index in [0.29, 0.717) is 23.9 Å². The quantitative estimate of drug-likeness (QED) is 0.543. The molecule has 1 saturated heterocycles. The van der Waals surface area contributed by atoms with Gasteiger partial charge in [0.1, 0.15) is 0 Å². The van der Waals surface area contributed by atoms with Crippen LogP contribution in [0.5, 0.6) is 0 Å². The molecule has 29 heavy (non-hydrogen) atoms. The zero-order chi connectivity index (χ0) is 22.3. The Balaban J connectivity index is 0.000000313. The first-order valence-corrected chi connectivity index (χ1v) is 13.1. The topological polar surface area (TPSA) is 46.5 Å². The smallest absolute Gasteiger partial charge is 0.332 e. The molecule has 3 aliphatic rings. The Kier molecular flexibility index (Phi) is 7.75. The molecule has 0 aromatic rings. The first-order chi connectivity index (χ1) is 13.2. The summed E-state index contributed by atoms with van der Waals surface area (Å²) in [6.45, 7) is 24.4. The zero-order valence-corrected chi connectivity index (χ0v) is 22.4. The first kappa shape index (κ1) is 24.9. The van der Waals surface area contributed by atoms with Gasteiger partial charge in [-0.05, 0) is 12.8 Å². The van der Waals surface area contributed by atoms with Gasteiger partial charge >= 0.3 is 157 Å². The number of carboxylic acids is 1. The van der Waals surface area contributed by atoms with Gasteiger partial charge in [0.05, 0.1) is 0 Å². The Labute approximate surface area is 195 Å². The second-order valence-electron chi connectivity index (χ2n) is 9.97. The van der Waals surface area contributed by atoms with E-state index >= 15 is 0 Å². The van der Waals surface area contributed by atoms with E-state index in [9.17, 15) is 4.79 Å². The van der Waals surface area contributed by atoms with Crippen LogP contribution in [0.3, 0.4) is 0 Å². The zero-order valence-electron chi connectivity index (χ0n) is 20.2. The first-order valence-electron chi connectivity index (χ1n) is 10.9. The van der Waals surface area contributed by atoms with Gasteiger partial charge in [0.15, 0.2) is 6.10 Å². The third kappa shape index (κ3) is 4.63. The number of allylic oxidation sites excluding steroid dienone is 8. The summed E-state index contributed by atoms with van der Waals surface area (Å²) < 4.78 is 8.44. The van der Waals surface area contributed by atoms with Crippen molar-refractivity contribution in [2.24, 2.45) is 10.8 Å². The fourth-order valence-electron chi connectivity index (χ4n) is 5.00. The van der Waals surface area contributed by atoms with Gasteiger partial charge in [0.2, 0.25) is 0 Å². The number of aliphatic carboxylic acids is 1. The summed E-state index contributed by atoms with van der Waals surface area (Å²) >= 11 is -0.921. The van der Waals surface area contributed by atoms with E-state index in [1.807, 2.05) is 3.34 Å². The average Bonchev–Trinajstić information content (AvgIpc) is 3.27. The Hall–Kier alpha value is -0.350. The second-order valence-corrected chi connectivity index (χ2v) is 12.7. The van der Waals surface area contributed by atoms with E-state index in [0.717, 1.165) is 6.42 Å². The van der Waals surface area contributed by atoms with Crippen LogP contribution in [0.25, 0.3) is 0 Å². The molecule has 3 rings (SSSR count). The number of ether oxygens (including phenoxy) is 1. The van der Waals surface area contributed by atoms with Crippen LogP contribution in [-0.4, -0.2) is 57.6 Å². The minimum Gasteiger partial charge on any atom is -0.479 e. The van der Waals surface area contributed by atoms with Crippen LogP contribution in [0.1, 0.15) is 82.1 Å². The van der Waals surface area contributed by atoms with Crippen molar-refractivity contribution in [1.82, 2.24) is 0 Å². The molecule has 0 radical (unpaired) electrons. The standard InChI is InChI=1S/2C10H15.C5H8O3.Ca/c2*1-7-6-10(4,5)9(3)8(7)2;6-5(7)4-2-1-3-8-4;/h2*1-5H3;4H,1-3H2,(H,6,7);. The number of carbonyl (C=O) groups is 1. The molecule has 0 bridgehead atoms. The minimum atomic E-state index is -0.921. The third-order valence-electron chi connectivity index (χ3n) is 8.10. The third-order valence-corrected chi connectivity index (χ3v) is 13.6. The van der Waals surface area contributed by atoms with Crippen LogP contribution in [0.4, 0.5) is 0 Å². The van der Waals surface area contributed by atoms with Crippen molar-refractivity contribution in [3.8, 4) is 0 Å². The number of hydrogen-bond donors (Lipinski definition) is 1. The molecule has 3 nitrogen and oxygen atoms in total. The Bertz CT molecular complexity index is 772. The van der Waals surface area contributed by atoms with Gasteiger partial charge in [-0.3, -0.25) is 0 Å². The van der Waals surface area contributed by atoms with Crippen molar-refractivity contribution in [1.29, 1.82) is 0 Å². The maximum atomic E-state index is 10.1. The molecule has 0 amide bonds. The van der Waals surface area contributed by atoms with E-state index in [4.69, 9.17) is 9.84 Å². The van der Waals surface area contributed by atoms with Crippen molar-refractivity contribution in [2.75, 3.05) is 6.61 Å². The van der Waals surface area contributed by atoms with E-state index in [-0.39, 0.29) is 0 Å².